The van der Waals surface area contributed by atoms with Crippen LogP contribution in [-0.4, -0.2) is 24.9 Å². The standard InChI is InChI=1S/C13H11NO3S2/c15-12(9-4-2-1-3-5-9)13-14-10-6-7-19(16,17)8-11(10)18-13/h1-5H,6-8H2. The largest absolute Gasteiger partial charge is 0.286 e. The van der Waals surface area contributed by atoms with Gasteiger partial charge in [-0.2, -0.15) is 0 Å². The summed E-state index contributed by atoms with van der Waals surface area (Å²) in [6.07, 6.45) is 0.413. The quantitative estimate of drug-likeness (QED) is 0.793. The molecule has 1 aromatic heterocycles. The highest BCUT2D eigenvalue weighted by Crippen LogP contribution is 2.27. The van der Waals surface area contributed by atoms with Gasteiger partial charge in [0, 0.05) is 16.9 Å². The summed E-state index contributed by atoms with van der Waals surface area (Å²) in [5.41, 5.74) is 1.34. The minimum absolute atomic E-state index is 0.0159. The third kappa shape index (κ3) is 2.46. The molecule has 0 atom stereocenters. The van der Waals surface area contributed by atoms with E-state index in [4.69, 9.17) is 0 Å². The lowest BCUT2D eigenvalue weighted by molar-refractivity contribution is 0.103. The molecule has 0 unspecified atom stereocenters. The van der Waals surface area contributed by atoms with Crippen LogP contribution in [0.15, 0.2) is 30.3 Å². The molecular formula is C13H11NO3S2. The second-order valence-electron chi connectivity index (χ2n) is 4.43. The number of rotatable bonds is 2. The molecule has 0 radical (unpaired) electrons. The number of hydrogen-bond acceptors (Lipinski definition) is 5. The van der Waals surface area contributed by atoms with Gasteiger partial charge in [0.15, 0.2) is 14.8 Å². The molecular weight excluding hydrogens is 282 g/mol. The predicted molar refractivity (Wildman–Crippen MR) is 73.2 cm³/mol. The third-order valence-electron chi connectivity index (χ3n) is 3.01. The van der Waals surface area contributed by atoms with Crippen molar-refractivity contribution in [3.05, 3.63) is 51.5 Å². The Labute approximate surface area is 115 Å². The molecule has 2 heterocycles. The van der Waals surface area contributed by atoms with Crippen molar-refractivity contribution < 1.29 is 13.2 Å². The molecule has 6 heteroatoms. The summed E-state index contributed by atoms with van der Waals surface area (Å²) >= 11 is 1.20. The van der Waals surface area contributed by atoms with Gasteiger partial charge in [0.05, 0.1) is 17.2 Å². The van der Waals surface area contributed by atoms with E-state index in [-0.39, 0.29) is 17.3 Å². The van der Waals surface area contributed by atoms with E-state index in [0.717, 1.165) is 5.69 Å². The van der Waals surface area contributed by atoms with Crippen LogP contribution in [0.25, 0.3) is 0 Å². The van der Waals surface area contributed by atoms with Crippen molar-refractivity contribution in [2.24, 2.45) is 0 Å². The number of benzene rings is 1. The van der Waals surface area contributed by atoms with Gasteiger partial charge in [-0.15, -0.1) is 11.3 Å². The Morgan fingerprint density at radius 1 is 1.21 bits per heavy atom. The molecule has 4 nitrogen and oxygen atoms in total. The second kappa shape index (κ2) is 4.54. The molecule has 1 aliphatic heterocycles. The summed E-state index contributed by atoms with van der Waals surface area (Å²) in [6.45, 7) is 0. The molecule has 3 rings (SSSR count). The van der Waals surface area contributed by atoms with Crippen LogP contribution in [0.3, 0.4) is 0 Å². The van der Waals surface area contributed by atoms with Gasteiger partial charge in [-0.1, -0.05) is 30.3 Å². The maximum absolute atomic E-state index is 12.2. The summed E-state index contributed by atoms with van der Waals surface area (Å²) in [5.74, 6) is 0.00232. The fourth-order valence-electron chi connectivity index (χ4n) is 2.03. The van der Waals surface area contributed by atoms with E-state index < -0.39 is 9.84 Å². The van der Waals surface area contributed by atoms with Crippen molar-refractivity contribution in [3.63, 3.8) is 0 Å². The van der Waals surface area contributed by atoms with E-state index in [1.54, 1.807) is 24.3 Å². The van der Waals surface area contributed by atoms with Gasteiger partial charge in [-0.05, 0) is 0 Å². The molecule has 1 aromatic carbocycles. The molecule has 1 aliphatic rings. The number of ketones is 1. The lowest BCUT2D eigenvalue weighted by Crippen LogP contribution is -2.17. The molecule has 0 spiro atoms. The zero-order valence-corrected chi connectivity index (χ0v) is 11.6. The number of carbonyl (C=O) groups is 1. The second-order valence-corrected chi connectivity index (χ2v) is 7.69. The number of sulfone groups is 1. The third-order valence-corrected chi connectivity index (χ3v) is 5.84. The number of carbonyl (C=O) groups excluding carboxylic acids is 1. The normalized spacial score (nSPS) is 16.8. The minimum atomic E-state index is -3.01. The van der Waals surface area contributed by atoms with Crippen molar-refractivity contribution in [2.45, 2.75) is 12.2 Å². The van der Waals surface area contributed by atoms with Gasteiger partial charge in [0.1, 0.15) is 0 Å². The summed E-state index contributed by atoms with van der Waals surface area (Å²) in [4.78, 5) is 17.2. The maximum Gasteiger partial charge on any atom is 0.221 e. The Balaban J connectivity index is 1.96. The Morgan fingerprint density at radius 2 is 1.95 bits per heavy atom. The highest BCUT2D eigenvalue weighted by molar-refractivity contribution is 7.90. The van der Waals surface area contributed by atoms with E-state index >= 15 is 0 Å². The molecule has 0 fully saturated rings. The molecule has 0 N–H and O–H groups in total. The number of thiazole rings is 1. The van der Waals surface area contributed by atoms with Crippen LogP contribution in [0.4, 0.5) is 0 Å². The van der Waals surface area contributed by atoms with Crippen molar-refractivity contribution >= 4 is 27.0 Å². The molecule has 0 bridgehead atoms. The van der Waals surface area contributed by atoms with Gasteiger partial charge in [-0.3, -0.25) is 4.79 Å². The number of aryl methyl sites for hydroxylation is 1. The molecule has 0 aliphatic carbocycles. The molecule has 2 aromatic rings. The summed E-state index contributed by atoms with van der Waals surface area (Å²) in [7, 11) is -3.01. The van der Waals surface area contributed by atoms with Crippen LogP contribution in [0, 0.1) is 0 Å². The van der Waals surface area contributed by atoms with E-state index in [1.807, 2.05) is 6.07 Å². The minimum Gasteiger partial charge on any atom is -0.286 e. The van der Waals surface area contributed by atoms with Crippen LogP contribution in [0.1, 0.15) is 25.9 Å². The zero-order valence-electron chi connectivity index (χ0n) is 10.00. The number of aromatic nitrogens is 1. The van der Waals surface area contributed by atoms with Gasteiger partial charge in [-0.25, -0.2) is 13.4 Å². The highest BCUT2D eigenvalue weighted by atomic mass is 32.2. The Bertz CT molecular complexity index is 733. The van der Waals surface area contributed by atoms with Gasteiger partial charge < -0.3 is 0 Å². The van der Waals surface area contributed by atoms with Crippen LogP contribution >= 0.6 is 11.3 Å². The molecule has 0 saturated heterocycles. The average Bonchev–Trinajstić information content (AvgIpc) is 2.80. The van der Waals surface area contributed by atoms with E-state index in [1.165, 1.54) is 11.3 Å². The zero-order chi connectivity index (χ0) is 13.5. The van der Waals surface area contributed by atoms with Crippen LogP contribution in [-0.2, 0) is 22.0 Å². The smallest absolute Gasteiger partial charge is 0.221 e. The van der Waals surface area contributed by atoms with E-state index in [2.05, 4.69) is 4.98 Å². The van der Waals surface area contributed by atoms with Crippen molar-refractivity contribution in [1.29, 1.82) is 0 Å². The van der Waals surface area contributed by atoms with Crippen LogP contribution in [0.2, 0.25) is 0 Å². The predicted octanol–water partition coefficient (Wildman–Crippen LogP) is 1.84. The SMILES string of the molecule is O=C(c1ccccc1)c1nc2c(s1)CS(=O)(=O)CC2. The fraction of sp³-hybridized carbons (Fsp3) is 0.231. The summed E-state index contributed by atoms with van der Waals surface area (Å²) in [5, 5.41) is 0.383. The van der Waals surface area contributed by atoms with Crippen LogP contribution < -0.4 is 0 Å². The number of hydrogen-bond donors (Lipinski definition) is 0. The lowest BCUT2D eigenvalue weighted by Gasteiger charge is -2.09. The first-order chi connectivity index (χ1) is 9.05. The van der Waals surface area contributed by atoms with Crippen molar-refractivity contribution in [2.75, 3.05) is 5.75 Å². The Morgan fingerprint density at radius 3 is 2.68 bits per heavy atom. The summed E-state index contributed by atoms with van der Waals surface area (Å²) in [6, 6.07) is 8.91. The Hall–Kier alpha value is -1.53. The first-order valence-corrected chi connectivity index (χ1v) is 8.48. The van der Waals surface area contributed by atoms with E-state index in [0.29, 0.717) is 21.9 Å². The topological polar surface area (TPSA) is 64.1 Å². The number of fused-ring (bicyclic) bond motifs is 1. The van der Waals surface area contributed by atoms with Gasteiger partial charge in [0.2, 0.25) is 5.78 Å². The molecule has 0 saturated carbocycles. The first kappa shape index (κ1) is 12.5. The van der Waals surface area contributed by atoms with Crippen molar-refractivity contribution in [1.82, 2.24) is 4.98 Å². The Kier molecular flexibility index (Phi) is 2.99. The molecule has 0 amide bonds. The average molecular weight is 293 g/mol. The monoisotopic (exact) mass is 293 g/mol. The molecule has 19 heavy (non-hydrogen) atoms. The number of nitrogens with zero attached hydrogens (tertiary/aromatic N) is 1. The van der Waals surface area contributed by atoms with E-state index in [9.17, 15) is 13.2 Å². The molecule has 98 valence electrons. The van der Waals surface area contributed by atoms with Crippen molar-refractivity contribution in [3.8, 4) is 0 Å². The fourth-order valence-corrected chi connectivity index (χ4v) is 4.88. The van der Waals surface area contributed by atoms with Gasteiger partial charge in [0.25, 0.3) is 0 Å². The highest BCUT2D eigenvalue weighted by Gasteiger charge is 2.26. The van der Waals surface area contributed by atoms with Gasteiger partial charge >= 0.3 is 0 Å². The summed E-state index contributed by atoms with van der Waals surface area (Å²) < 4.78 is 23.1. The first-order valence-electron chi connectivity index (χ1n) is 5.84. The maximum atomic E-state index is 12.2. The van der Waals surface area contributed by atoms with Crippen LogP contribution in [0.5, 0.6) is 0 Å². The lowest BCUT2D eigenvalue weighted by atomic mass is 10.1.